The van der Waals surface area contributed by atoms with Gasteiger partial charge in [0.05, 0.1) is 0 Å². The standard InChI is InChI=1S/C18H25NO5/c1-3-24-18(10-4-5-13(2)11-18)17(22)19-14-6-8-15(9-7-14)23-12-16(20)21/h6-9,13H,3-5,10-12H2,1-2H3,(H,19,22)(H,20,21)/t13-,18+/m0/s1. The lowest BCUT2D eigenvalue weighted by atomic mass is 9.78. The predicted octanol–water partition coefficient (Wildman–Crippen LogP) is 3.07. The van der Waals surface area contributed by atoms with Crippen LogP contribution in [0.25, 0.3) is 0 Å². The van der Waals surface area contributed by atoms with Crippen LogP contribution in [-0.2, 0) is 14.3 Å². The van der Waals surface area contributed by atoms with Crippen molar-refractivity contribution in [3.63, 3.8) is 0 Å². The summed E-state index contributed by atoms with van der Waals surface area (Å²) in [5.41, 5.74) is -0.120. The van der Waals surface area contributed by atoms with Crippen molar-refractivity contribution in [1.29, 1.82) is 0 Å². The van der Waals surface area contributed by atoms with E-state index < -0.39 is 18.2 Å². The van der Waals surface area contributed by atoms with E-state index in [-0.39, 0.29) is 5.91 Å². The van der Waals surface area contributed by atoms with Gasteiger partial charge in [-0.15, -0.1) is 0 Å². The Kier molecular flexibility index (Phi) is 6.20. The second-order valence-electron chi connectivity index (χ2n) is 6.29. The van der Waals surface area contributed by atoms with Crippen molar-refractivity contribution in [2.75, 3.05) is 18.5 Å². The summed E-state index contributed by atoms with van der Waals surface area (Å²) in [5.74, 6) is -0.239. The zero-order chi connectivity index (χ0) is 17.6. The van der Waals surface area contributed by atoms with Crippen molar-refractivity contribution in [2.24, 2.45) is 5.92 Å². The largest absolute Gasteiger partial charge is 0.482 e. The summed E-state index contributed by atoms with van der Waals surface area (Å²) in [6, 6.07) is 6.66. The Bertz CT molecular complexity index is 567. The van der Waals surface area contributed by atoms with Crippen molar-refractivity contribution in [3.8, 4) is 5.75 Å². The monoisotopic (exact) mass is 335 g/mol. The maximum atomic E-state index is 12.8. The smallest absolute Gasteiger partial charge is 0.341 e. The first kappa shape index (κ1) is 18.3. The molecule has 2 atom stereocenters. The first-order valence-corrected chi connectivity index (χ1v) is 8.35. The molecule has 132 valence electrons. The molecule has 1 fully saturated rings. The van der Waals surface area contributed by atoms with Crippen LogP contribution in [0.15, 0.2) is 24.3 Å². The van der Waals surface area contributed by atoms with Crippen LogP contribution in [0, 0.1) is 5.92 Å². The summed E-state index contributed by atoms with van der Waals surface area (Å²) in [6.45, 7) is 4.16. The van der Waals surface area contributed by atoms with Gasteiger partial charge in [0.2, 0.25) is 0 Å². The fraction of sp³-hybridized carbons (Fsp3) is 0.556. The molecule has 1 saturated carbocycles. The molecule has 2 N–H and O–H groups in total. The van der Waals surface area contributed by atoms with Crippen LogP contribution in [-0.4, -0.2) is 35.8 Å². The number of carbonyl (C=O) groups excluding carboxylic acids is 1. The summed E-state index contributed by atoms with van der Waals surface area (Å²) in [6.07, 6.45) is 3.57. The number of amides is 1. The van der Waals surface area contributed by atoms with Gasteiger partial charge in [0.25, 0.3) is 5.91 Å². The number of carboxylic acids is 1. The van der Waals surface area contributed by atoms with E-state index in [2.05, 4.69) is 12.2 Å². The Morgan fingerprint density at radius 3 is 2.62 bits per heavy atom. The number of anilines is 1. The Balaban J connectivity index is 2.02. The molecule has 0 saturated heterocycles. The number of hydrogen-bond donors (Lipinski definition) is 2. The molecule has 6 heteroatoms. The Hall–Kier alpha value is -2.08. The van der Waals surface area contributed by atoms with E-state index in [1.165, 1.54) is 0 Å². The molecule has 0 aliphatic heterocycles. The van der Waals surface area contributed by atoms with E-state index in [0.717, 1.165) is 25.7 Å². The fourth-order valence-electron chi connectivity index (χ4n) is 3.21. The number of benzene rings is 1. The molecule has 1 aliphatic rings. The van der Waals surface area contributed by atoms with Gasteiger partial charge in [-0.1, -0.05) is 13.3 Å². The van der Waals surface area contributed by atoms with E-state index in [1.807, 2.05) is 6.92 Å². The van der Waals surface area contributed by atoms with E-state index in [9.17, 15) is 9.59 Å². The molecular formula is C18H25NO5. The predicted molar refractivity (Wildman–Crippen MR) is 90.2 cm³/mol. The van der Waals surface area contributed by atoms with Gasteiger partial charge < -0.3 is 19.9 Å². The number of hydrogen-bond acceptors (Lipinski definition) is 4. The Morgan fingerprint density at radius 1 is 1.33 bits per heavy atom. The highest BCUT2D eigenvalue weighted by Crippen LogP contribution is 2.36. The lowest BCUT2D eigenvalue weighted by Crippen LogP contribution is -2.48. The normalized spacial score (nSPS) is 23.5. The van der Waals surface area contributed by atoms with Crippen molar-refractivity contribution in [2.45, 2.75) is 45.1 Å². The highest BCUT2D eigenvalue weighted by molar-refractivity contribution is 5.97. The van der Waals surface area contributed by atoms with E-state index in [0.29, 0.717) is 24.0 Å². The van der Waals surface area contributed by atoms with Gasteiger partial charge in [-0.05, 0) is 56.4 Å². The molecule has 1 aromatic rings. The van der Waals surface area contributed by atoms with Crippen molar-refractivity contribution in [3.05, 3.63) is 24.3 Å². The molecule has 0 aromatic heterocycles. The second kappa shape index (κ2) is 8.15. The van der Waals surface area contributed by atoms with Crippen LogP contribution in [0.5, 0.6) is 5.75 Å². The quantitative estimate of drug-likeness (QED) is 0.800. The minimum absolute atomic E-state index is 0.116. The van der Waals surface area contributed by atoms with Crippen molar-refractivity contribution >= 4 is 17.6 Å². The van der Waals surface area contributed by atoms with Crippen molar-refractivity contribution < 1.29 is 24.2 Å². The second-order valence-corrected chi connectivity index (χ2v) is 6.29. The maximum absolute atomic E-state index is 12.8. The fourth-order valence-corrected chi connectivity index (χ4v) is 3.21. The zero-order valence-corrected chi connectivity index (χ0v) is 14.2. The Morgan fingerprint density at radius 2 is 2.04 bits per heavy atom. The third-order valence-corrected chi connectivity index (χ3v) is 4.26. The van der Waals surface area contributed by atoms with Gasteiger partial charge in [-0.3, -0.25) is 4.79 Å². The van der Waals surface area contributed by atoms with Gasteiger partial charge in [0, 0.05) is 12.3 Å². The molecule has 0 bridgehead atoms. The summed E-state index contributed by atoms with van der Waals surface area (Å²) in [4.78, 5) is 23.3. The average Bonchev–Trinajstić information content (AvgIpc) is 2.54. The van der Waals surface area contributed by atoms with Gasteiger partial charge in [0.1, 0.15) is 11.4 Å². The summed E-state index contributed by atoms with van der Waals surface area (Å²) < 4.78 is 10.9. The van der Waals surface area contributed by atoms with Gasteiger partial charge >= 0.3 is 5.97 Å². The lowest BCUT2D eigenvalue weighted by molar-refractivity contribution is -0.147. The molecule has 1 aliphatic carbocycles. The van der Waals surface area contributed by atoms with Crippen LogP contribution in [0.3, 0.4) is 0 Å². The molecule has 0 heterocycles. The number of carbonyl (C=O) groups is 2. The molecule has 6 nitrogen and oxygen atoms in total. The maximum Gasteiger partial charge on any atom is 0.341 e. The number of ether oxygens (including phenoxy) is 2. The first-order valence-electron chi connectivity index (χ1n) is 8.35. The molecule has 0 spiro atoms. The van der Waals surface area contributed by atoms with E-state index >= 15 is 0 Å². The average molecular weight is 335 g/mol. The number of rotatable bonds is 7. The van der Waals surface area contributed by atoms with Crippen LogP contribution in [0.4, 0.5) is 5.69 Å². The van der Waals surface area contributed by atoms with Crippen LogP contribution in [0.2, 0.25) is 0 Å². The minimum Gasteiger partial charge on any atom is -0.482 e. The number of aliphatic carboxylic acids is 1. The van der Waals surface area contributed by atoms with Gasteiger partial charge in [0.15, 0.2) is 6.61 Å². The van der Waals surface area contributed by atoms with E-state index in [4.69, 9.17) is 14.6 Å². The third-order valence-electron chi connectivity index (χ3n) is 4.26. The topological polar surface area (TPSA) is 84.9 Å². The zero-order valence-electron chi connectivity index (χ0n) is 14.2. The lowest BCUT2D eigenvalue weighted by Gasteiger charge is -2.38. The Labute approximate surface area is 142 Å². The summed E-state index contributed by atoms with van der Waals surface area (Å²) in [5, 5.41) is 11.5. The molecule has 2 rings (SSSR count). The van der Waals surface area contributed by atoms with E-state index in [1.54, 1.807) is 24.3 Å². The summed E-state index contributed by atoms with van der Waals surface area (Å²) in [7, 11) is 0. The summed E-state index contributed by atoms with van der Waals surface area (Å²) >= 11 is 0. The number of carboxylic acid groups (broad SMARTS) is 1. The SMILES string of the molecule is CCO[C@]1(C(=O)Nc2ccc(OCC(=O)O)cc2)CCC[C@H](C)C1. The van der Waals surface area contributed by atoms with Crippen LogP contribution >= 0.6 is 0 Å². The number of nitrogens with one attached hydrogen (secondary N) is 1. The molecule has 1 amide bonds. The minimum atomic E-state index is -1.03. The molecule has 1 aromatic carbocycles. The highest BCUT2D eigenvalue weighted by Gasteiger charge is 2.42. The first-order chi connectivity index (χ1) is 11.4. The molecular weight excluding hydrogens is 310 g/mol. The van der Waals surface area contributed by atoms with Crippen LogP contribution in [0.1, 0.15) is 39.5 Å². The third kappa shape index (κ3) is 4.71. The highest BCUT2D eigenvalue weighted by atomic mass is 16.5. The molecule has 24 heavy (non-hydrogen) atoms. The van der Waals surface area contributed by atoms with Gasteiger partial charge in [-0.25, -0.2) is 4.79 Å². The van der Waals surface area contributed by atoms with Crippen LogP contribution < -0.4 is 10.1 Å². The van der Waals surface area contributed by atoms with Gasteiger partial charge in [-0.2, -0.15) is 0 Å². The van der Waals surface area contributed by atoms with Crippen molar-refractivity contribution in [1.82, 2.24) is 0 Å². The molecule has 0 radical (unpaired) electrons. The molecule has 0 unspecified atom stereocenters.